The molecular weight excluding hydrogens is 348 g/mol. The number of nitrogens with one attached hydrogen (secondary N) is 1. The fourth-order valence-electron chi connectivity index (χ4n) is 3.67. The molecule has 0 radical (unpaired) electrons. The van der Waals surface area contributed by atoms with Crippen molar-refractivity contribution in [1.82, 2.24) is 10.2 Å². The summed E-state index contributed by atoms with van der Waals surface area (Å²) in [5.74, 6) is -0.0266. The minimum atomic E-state index is -0.0530. The van der Waals surface area contributed by atoms with Crippen molar-refractivity contribution in [2.45, 2.75) is 52.1 Å². The van der Waals surface area contributed by atoms with Gasteiger partial charge in [0, 0.05) is 44.1 Å². The van der Waals surface area contributed by atoms with E-state index in [9.17, 15) is 9.59 Å². The Labute approximate surface area is 167 Å². The number of nitrogens with zero attached hydrogens (tertiary/aromatic N) is 1. The molecule has 4 nitrogen and oxygen atoms in total. The predicted octanol–water partition coefficient (Wildman–Crippen LogP) is 3.77. The molecule has 0 aromatic heterocycles. The van der Waals surface area contributed by atoms with Crippen LogP contribution in [-0.2, 0) is 24.2 Å². The number of hydrogen-bond acceptors (Lipinski definition) is 3. The maximum absolute atomic E-state index is 12.3. The van der Waals surface area contributed by atoms with E-state index in [0.29, 0.717) is 12.1 Å². The number of ketones is 1. The molecule has 1 amide bonds. The Balaban J connectivity index is 1.41. The summed E-state index contributed by atoms with van der Waals surface area (Å²) in [6.07, 6.45) is 2.50. The van der Waals surface area contributed by atoms with E-state index in [2.05, 4.69) is 48.3 Å². The van der Waals surface area contributed by atoms with Crippen molar-refractivity contribution in [1.29, 1.82) is 0 Å². The van der Waals surface area contributed by atoms with Crippen LogP contribution in [0, 0.1) is 0 Å². The first-order valence-corrected chi connectivity index (χ1v) is 10.3. The van der Waals surface area contributed by atoms with Gasteiger partial charge < -0.3 is 5.32 Å². The molecule has 1 aliphatic rings. The highest BCUT2D eigenvalue weighted by atomic mass is 16.2. The highest BCUT2D eigenvalue weighted by Crippen LogP contribution is 2.20. The van der Waals surface area contributed by atoms with E-state index in [-0.39, 0.29) is 30.6 Å². The van der Waals surface area contributed by atoms with Crippen molar-refractivity contribution in [3.8, 4) is 0 Å². The quantitative estimate of drug-likeness (QED) is 0.711. The molecule has 0 bridgehead atoms. The Bertz CT molecular complexity index is 814. The van der Waals surface area contributed by atoms with Crippen molar-refractivity contribution in [2.75, 3.05) is 13.1 Å². The van der Waals surface area contributed by atoms with Gasteiger partial charge in [0.25, 0.3) is 0 Å². The average molecular weight is 379 g/mol. The largest absolute Gasteiger partial charge is 0.355 e. The van der Waals surface area contributed by atoms with Gasteiger partial charge in [0.1, 0.15) is 0 Å². The van der Waals surface area contributed by atoms with Gasteiger partial charge in [-0.25, -0.2) is 0 Å². The van der Waals surface area contributed by atoms with Crippen molar-refractivity contribution < 1.29 is 9.59 Å². The van der Waals surface area contributed by atoms with Crippen LogP contribution in [0.2, 0.25) is 0 Å². The number of rotatable bonds is 8. The van der Waals surface area contributed by atoms with Gasteiger partial charge in [-0.15, -0.1) is 0 Å². The number of fused-ring (bicyclic) bond motifs is 1. The number of Topliss-reactive ketones (excluding diaryl/α,β-unsaturated/α-hetero) is 1. The summed E-state index contributed by atoms with van der Waals surface area (Å²) in [6, 6.07) is 16.5. The number of carbonyl (C=O) groups is 2. The molecular formula is C24H30N2O2. The lowest BCUT2D eigenvalue weighted by Gasteiger charge is -2.33. The smallest absolute Gasteiger partial charge is 0.220 e. The number of benzene rings is 2. The molecule has 28 heavy (non-hydrogen) atoms. The van der Waals surface area contributed by atoms with Gasteiger partial charge in [-0.2, -0.15) is 0 Å². The topological polar surface area (TPSA) is 49.4 Å². The van der Waals surface area contributed by atoms with Crippen LogP contribution in [0.3, 0.4) is 0 Å². The Kier molecular flexibility index (Phi) is 6.99. The van der Waals surface area contributed by atoms with Crippen LogP contribution >= 0.6 is 0 Å². The van der Waals surface area contributed by atoms with E-state index in [1.165, 1.54) is 16.7 Å². The second-order valence-electron chi connectivity index (χ2n) is 7.62. The van der Waals surface area contributed by atoms with Crippen molar-refractivity contribution >= 4 is 11.7 Å². The molecule has 0 saturated carbocycles. The molecule has 0 spiro atoms. The summed E-state index contributed by atoms with van der Waals surface area (Å²) in [6.45, 7) is 6.79. The third-order valence-electron chi connectivity index (χ3n) is 5.64. The molecule has 0 aliphatic carbocycles. The maximum atomic E-state index is 12.3. The van der Waals surface area contributed by atoms with Gasteiger partial charge in [0.15, 0.2) is 5.78 Å². The van der Waals surface area contributed by atoms with Crippen molar-refractivity contribution in [2.24, 2.45) is 0 Å². The highest BCUT2D eigenvalue weighted by molar-refractivity contribution is 5.97. The third kappa shape index (κ3) is 5.29. The molecule has 1 heterocycles. The normalized spacial score (nSPS) is 14.9. The summed E-state index contributed by atoms with van der Waals surface area (Å²) in [5.41, 5.74) is 4.71. The minimum absolute atomic E-state index is 0.0264. The SMILES string of the molecule is CCc1ccc(C(=O)CCC(=O)NCC(C)N2CCc3ccccc3C2)cc1. The van der Waals surface area contributed by atoms with E-state index in [1.807, 2.05) is 24.3 Å². The molecule has 1 aliphatic heterocycles. The van der Waals surface area contributed by atoms with E-state index in [4.69, 9.17) is 0 Å². The first-order valence-electron chi connectivity index (χ1n) is 10.3. The number of amides is 1. The summed E-state index contributed by atoms with van der Waals surface area (Å²) in [7, 11) is 0. The second kappa shape index (κ2) is 9.65. The molecule has 3 rings (SSSR count). The molecule has 2 aromatic rings. The lowest BCUT2D eigenvalue weighted by molar-refractivity contribution is -0.121. The van der Waals surface area contributed by atoms with Crippen molar-refractivity contribution in [3.05, 3.63) is 70.8 Å². The van der Waals surface area contributed by atoms with Crippen LogP contribution in [0.15, 0.2) is 48.5 Å². The van der Waals surface area contributed by atoms with Crippen molar-refractivity contribution in [3.63, 3.8) is 0 Å². The molecule has 1 unspecified atom stereocenters. The van der Waals surface area contributed by atoms with Gasteiger partial charge in [-0.3, -0.25) is 14.5 Å². The zero-order valence-corrected chi connectivity index (χ0v) is 16.9. The van der Waals surface area contributed by atoms with Gasteiger partial charge in [0.2, 0.25) is 5.91 Å². The molecule has 1 atom stereocenters. The zero-order valence-electron chi connectivity index (χ0n) is 16.9. The monoisotopic (exact) mass is 378 g/mol. The van der Waals surface area contributed by atoms with E-state index >= 15 is 0 Å². The zero-order chi connectivity index (χ0) is 19.9. The summed E-state index contributed by atoms with van der Waals surface area (Å²) < 4.78 is 0. The Hall–Kier alpha value is -2.46. The van der Waals surface area contributed by atoms with Crippen LogP contribution in [-0.4, -0.2) is 35.7 Å². The number of aryl methyl sites for hydroxylation is 1. The molecule has 0 fully saturated rings. The van der Waals surface area contributed by atoms with Crippen LogP contribution in [0.25, 0.3) is 0 Å². The second-order valence-corrected chi connectivity index (χ2v) is 7.62. The molecule has 2 aromatic carbocycles. The molecule has 148 valence electrons. The lowest BCUT2D eigenvalue weighted by atomic mass is 9.99. The van der Waals surface area contributed by atoms with Crippen LogP contribution in [0.1, 0.15) is 53.7 Å². The Morgan fingerprint density at radius 2 is 1.75 bits per heavy atom. The average Bonchev–Trinajstić information content (AvgIpc) is 2.75. The Morgan fingerprint density at radius 1 is 1.04 bits per heavy atom. The van der Waals surface area contributed by atoms with Gasteiger partial charge >= 0.3 is 0 Å². The van der Waals surface area contributed by atoms with Gasteiger partial charge in [-0.05, 0) is 36.5 Å². The fourth-order valence-corrected chi connectivity index (χ4v) is 3.67. The van der Waals surface area contributed by atoms with E-state index < -0.39 is 0 Å². The van der Waals surface area contributed by atoms with Crippen LogP contribution < -0.4 is 5.32 Å². The first kappa shape index (κ1) is 20.3. The molecule has 0 saturated heterocycles. The van der Waals surface area contributed by atoms with E-state index in [1.54, 1.807) is 0 Å². The van der Waals surface area contributed by atoms with Crippen LogP contribution in [0.4, 0.5) is 0 Å². The molecule has 4 heteroatoms. The predicted molar refractivity (Wildman–Crippen MR) is 112 cm³/mol. The summed E-state index contributed by atoms with van der Waals surface area (Å²) >= 11 is 0. The van der Waals surface area contributed by atoms with E-state index in [0.717, 1.165) is 25.9 Å². The standard InChI is InChI=1S/C24H30N2O2/c1-3-19-8-10-21(11-9-19)23(27)12-13-24(28)25-16-18(2)26-15-14-20-6-4-5-7-22(20)17-26/h4-11,18H,3,12-17H2,1-2H3,(H,25,28). The number of carbonyl (C=O) groups excluding carboxylic acids is 2. The maximum Gasteiger partial charge on any atom is 0.220 e. The minimum Gasteiger partial charge on any atom is -0.355 e. The summed E-state index contributed by atoms with van der Waals surface area (Å²) in [5, 5.41) is 3.00. The highest BCUT2D eigenvalue weighted by Gasteiger charge is 2.20. The Morgan fingerprint density at radius 3 is 2.46 bits per heavy atom. The number of hydrogen-bond donors (Lipinski definition) is 1. The first-order chi connectivity index (χ1) is 13.6. The van der Waals surface area contributed by atoms with Crippen LogP contribution in [0.5, 0.6) is 0 Å². The third-order valence-corrected chi connectivity index (χ3v) is 5.64. The molecule has 1 N–H and O–H groups in total. The fraction of sp³-hybridized carbons (Fsp3) is 0.417. The lowest BCUT2D eigenvalue weighted by Crippen LogP contribution is -2.44. The van der Waals surface area contributed by atoms with Gasteiger partial charge in [0.05, 0.1) is 0 Å². The summed E-state index contributed by atoms with van der Waals surface area (Å²) in [4.78, 5) is 26.9. The van der Waals surface area contributed by atoms with Gasteiger partial charge in [-0.1, -0.05) is 55.5 Å².